The van der Waals surface area contributed by atoms with Crippen LogP contribution >= 0.6 is 11.8 Å². The lowest BCUT2D eigenvalue weighted by molar-refractivity contribution is -0.145. The van der Waals surface area contributed by atoms with E-state index in [2.05, 4.69) is 5.32 Å². The maximum absolute atomic E-state index is 11.6. The zero-order chi connectivity index (χ0) is 15.0. The summed E-state index contributed by atoms with van der Waals surface area (Å²) in [5.41, 5.74) is 0.681. The summed E-state index contributed by atoms with van der Waals surface area (Å²) in [6.45, 7) is 3.41. The van der Waals surface area contributed by atoms with Gasteiger partial charge in [-0.1, -0.05) is 6.07 Å². The molecule has 1 amide bonds. The van der Waals surface area contributed by atoms with Gasteiger partial charge in [-0.05, 0) is 25.1 Å². The van der Waals surface area contributed by atoms with Gasteiger partial charge >= 0.3 is 5.97 Å². The molecule has 0 heterocycles. The number of nitrogens with one attached hydrogen (secondary N) is 1. The third-order valence-electron chi connectivity index (χ3n) is 2.20. The summed E-state index contributed by atoms with van der Waals surface area (Å²) in [6.07, 6.45) is -0.202. The van der Waals surface area contributed by atoms with Crippen molar-refractivity contribution in [2.45, 2.75) is 25.2 Å². The standard InChI is InChI=1S/C14H17NO4S/c1-3-19-14(18)8-12(17)9-20-13-6-4-5-11(7-13)15-10(2)16/h4-7H,3,8-9H2,1-2H3,(H,15,16). The Kier molecular flexibility index (Phi) is 6.79. The molecule has 5 nitrogen and oxygen atoms in total. The highest BCUT2D eigenvalue weighted by Gasteiger charge is 2.10. The predicted octanol–water partition coefficient (Wildman–Crippen LogP) is 2.26. The molecule has 1 aromatic carbocycles. The number of ketones is 1. The molecule has 6 heteroatoms. The number of ether oxygens (including phenoxy) is 1. The van der Waals surface area contributed by atoms with Crippen molar-refractivity contribution in [2.24, 2.45) is 0 Å². The molecule has 108 valence electrons. The zero-order valence-electron chi connectivity index (χ0n) is 11.5. The first-order valence-electron chi connectivity index (χ1n) is 6.19. The quantitative estimate of drug-likeness (QED) is 0.474. The number of esters is 1. The van der Waals surface area contributed by atoms with Crippen molar-refractivity contribution >= 4 is 35.1 Å². The Morgan fingerprint density at radius 1 is 1.30 bits per heavy atom. The summed E-state index contributed by atoms with van der Waals surface area (Å²) in [5, 5.41) is 2.67. The minimum absolute atomic E-state index is 0.148. The van der Waals surface area contributed by atoms with E-state index >= 15 is 0 Å². The molecule has 0 radical (unpaired) electrons. The molecule has 0 saturated carbocycles. The van der Waals surface area contributed by atoms with Crippen LogP contribution in [0, 0.1) is 0 Å². The van der Waals surface area contributed by atoms with Gasteiger partial charge in [-0.15, -0.1) is 11.8 Å². The molecule has 0 bridgehead atoms. The van der Waals surface area contributed by atoms with Crippen molar-refractivity contribution in [1.29, 1.82) is 0 Å². The molecule has 0 fully saturated rings. The summed E-state index contributed by atoms with van der Waals surface area (Å²) < 4.78 is 4.71. The molecule has 20 heavy (non-hydrogen) atoms. The van der Waals surface area contributed by atoms with E-state index in [0.717, 1.165) is 4.90 Å². The minimum Gasteiger partial charge on any atom is -0.466 e. The Morgan fingerprint density at radius 2 is 2.05 bits per heavy atom. The van der Waals surface area contributed by atoms with Crippen LogP contribution in [0.25, 0.3) is 0 Å². The predicted molar refractivity (Wildman–Crippen MR) is 77.7 cm³/mol. The molecule has 0 aliphatic carbocycles. The molecule has 1 rings (SSSR count). The van der Waals surface area contributed by atoms with E-state index < -0.39 is 5.97 Å². The van der Waals surface area contributed by atoms with Gasteiger partial charge in [0.1, 0.15) is 6.42 Å². The number of hydrogen-bond donors (Lipinski definition) is 1. The van der Waals surface area contributed by atoms with Gasteiger partial charge in [-0.3, -0.25) is 14.4 Å². The Bertz CT molecular complexity index is 502. The van der Waals surface area contributed by atoms with Crippen LogP contribution in [0.15, 0.2) is 29.2 Å². The lowest BCUT2D eigenvalue weighted by Gasteiger charge is -2.05. The highest BCUT2D eigenvalue weighted by atomic mass is 32.2. The fraction of sp³-hybridized carbons (Fsp3) is 0.357. The number of benzene rings is 1. The van der Waals surface area contributed by atoms with E-state index in [-0.39, 0.29) is 30.5 Å². The molecule has 0 aromatic heterocycles. The van der Waals surface area contributed by atoms with Crippen molar-refractivity contribution in [3.05, 3.63) is 24.3 Å². The number of hydrogen-bond acceptors (Lipinski definition) is 5. The largest absolute Gasteiger partial charge is 0.466 e. The Morgan fingerprint density at radius 3 is 2.70 bits per heavy atom. The number of carbonyl (C=O) groups excluding carboxylic acids is 3. The highest BCUT2D eigenvalue weighted by molar-refractivity contribution is 8.00. The molecule has 1 aromatic rings. The molecule has 0 aliphatic rings. The molecule has 1 N–H and O–H groups in total. The van der Waals surface area contributed by atoms with Gasteiger partial charge in [0, 0.05) is 17.5 Å². The average molecular weight is 295 g/mol. The van der Waals surface area contributed by atoms with Gasteiger partial charge in [0.25, 0.3) is 0 Å². The van der Waals surface area contributed by atoms with Crippen LogP contribution in [0.4, 0.5) is 5.69 Å². The van der Waals surface area contributed by atoms with Crippen molar-refractivity contribution in [3.63, 3.8) is 0 Å². The third-order valence-corrected chi connectivity index (χ3v) is 3.25. The normalized spacial score (nSPS) is 9.90. The van der Waals surface area contributed by atoms with Gasteiger partial charge in [-0.2, -0.15) is 0 Å². The van der Waals surface area contributed by atoms with Crippen molar-refractivity contribution in [3.8, 4) is 0 Å². The third kappa shape index (κ3) is 6.38. The highest BCUT2D eigenvalue weighted by Crippen LogP contribution is 2.22. The summed E-state index contributed by atoms with van der Waals surface area (Å²) >= 11 is 1.32. The van der Waals surface area contributed by atoms with Gasteiger partial charge in [0.2, 0.25) is 5.91 Å². The zero-order valence-corrected chi connectivity index (χ0v) is 12.3. The molecular weight excluding hydrogens is 278 g/mol. The second kappa shape index (κ2) is 8.37. The first-order valence-corrected chi connectivity index (χ1v) is 7.17. The SMILES string of the molecule is CCOC(=O)CC(=O)CSc1cccc(NC(C)=O)c1. The number of anilines is 1. The second-order valence-electron chi connectivity index (χ2n) is 4.02. The van der Waals surface area contributed by atoms with Gasteiger partial charge in [-0.25, -0.2) is 0 Å². The summed E-state index contributed by atoms with van der Waals surface area (Å²) in [6, 6.07) is 7.19. The van der Waals surface area contributed by atoms with Crippen LogP contribution in [0.3, 0.4) is 0 Å². The van der Waals surface area contributed by atoms with Gasteiger partial charge in [0.05, 0.1) is 12.4 Å². The van der Waals surface area contributed by atoms with Gasteiger partial charge < -0.3 is 10.1 Å². The van der Waals surface area contributed by atoms with Crippen LogP contribution < -0.4 is 5.32 Å². The molecule has 0 unspecified atom stereocenters. The van der Waals surface area contributed by atoms with E-state index in [1.54, 1.807) is 25.1 Å². The number of thioether (sulfide) groups is 1. The molecule has 0 saturated heterocycles. The van der Waals surface area contributed by atoms with Crippen LogP contribution in [0.5, 0.6) is 0 Å². The van der Waals surface area contributed by atoms with E-state index in [4.69, 9.17) is 4.74 Å². The number of carbonyl (C=O) groups is 3. The van der Waals surface area contributed by atoms with Gasteiger partial charge in [0.15, 0.2) is 5.78 Å². The van der Waals surface area contributed by atoms with Crippen LogP contribution in [-0.4, -0.2) is 30.0 Å². The van der Waals surface area contributed by atoms with E-state index in [1.165, 1.54) is 18.7 Å². The Labute approximate surface area is 122 Å². The summed E-state index contributed by atoms with van der Waals surface area (Å²) in [7, 11) is 0. The fourth-order valence-corrected chi connectivity index (χ4v) is 2.27. The lowest BCUT2D eigenvalue weighted by Crippen LogP contribution is -2.12. The van der Waals surface area contributed by atoms with Crippen molar-refractivity contribution < 1.29 is 19.1 Å². The fourth-order valence-electron chi connectivity index (χ4n) is 1.45. The molecule has 0 spiro atoms. The average Bonchev–Trinajstić information content (AvgIpc) is 2.36. The topological polar surface area (TPSA) is 72.5 Å². The first-order chi connectivity index (χ1) is 9.51. The van der Waals surface area contributed by atoms with Crippen LogP contribution in [0.1, 0.15) is 20.3 Å². The number of amides is 1. The van der Waals surface area contributed by atoms with E-state index in [1.807, 2.05) is 6.07 Å². The molecule has 0 aliphatic heterocycles. The first kappa shape index (κ1) is 16.2. The van der Waals surface area contributed by atoms with Crippen LogP contribution in [0.2, 0.25) is 0 Å². The lowest BCUT2D eigenvalue weighted by atomic mass is 10.3. The van der Waals surface area contributed by atoms with Crippen molar-refractivity contribution in [2.75, 3.05) is 17.7 Å². The van der Waals surface area contributed by atoms with Crippen molar-refractivity contribution in [1.82, 2.24) is 0 Å². The smallest absolute Gasteiger partial charge is 0.313 e. The minimum atomic E-state index is -0.495. The summed E-state index contributed by atoms with van der Waals surface area (Å²) in [5.74, 6) is -0.628. The molecular formula is C14H17NO4S. The Balaban J connectivity index is 2.47. The van der Waals surface area contributed by atoms with E-state index in [0.29, 0.717) is 5.69 Å². The number of Topliss-reactive ketones (excluding diaryl/α,β-unsaturated/α-hetero) is 1. The molecule has 0 atom stereocenters. The van der Waals surface area contributed by atoms with Crippen LogP contribution in [-0.2, 0) is 19.1 Å². The maximum atomic E-state index is 11.6. The number of rotatable bonds is 7. The monoisotopic (exact) mass is 295 g/mol. The summed E-state index contributed by atoms with van der Waals surface area (Å²) in [4.78, 5) is 34.5. The Hall–Kier alpha value is -1.82. The van der Waals surface area contributed by atoms with E-state index in [9.17, 15) is 14.4 Å². The maximum Gasteiger partial charge on any atom is 0.313 e. The second-order valence-corrected chi connectivity index (χ2v) is 5.07.